The Morgan fingerprint density at radius 1 is 1.08 bits per heavy atom. The number of aryl methyl sites for hydroxylation is 1. The summed E-state index contributed by atoms with van der Waals surface area (Å²) in [6.45, 7) is 1.89. The summed E-state index contributed by atoms with van der Waals surface area (Å²) in [5, 5.41) is 2.70. The predicted molar refractivity (Wildman–Crippen MR) is 107 cm³/mol. The number of carbonyl (C=O) groups is 2. The van der Waals surface area contributed by atoms with Crippen LogP contribution >= 0.6 is 34.8 Å². The minimum atomic E-state index is -0.477. The summed E-state index contributed by atoms with van der Waals surface area (Å²) in [6, 6.07) is 15.0. The number of carbonyl (C=O) groups excluding carboxylic acids is 2. The van der Waals surface area contributed by atoms with Crippen molar-refractivity contribution < 1.29 is 9.59 Å². The van der Waals surface area contributed by atoms with E-state index in [-0.39, 0.29) is 10.7 Å². The molecule has 1 aliphatic rings. The molecule has 2 aromatic carbocycles. The molecular weight excluding hydrogens is 435 g/mol. The number of halogens is 1. The van der Waals surface area contributed by atoms with Gasteiger partial charge in [0, 0.05) is 3.57 Å². The fourth-order valence-electron chi connectivity index (χ4n) is 2.44. The molecule has 2 aromatic rings. The lowest BCUT2D eigenvalue weighted by Gasteiger charge is -2.30. The second kappa shape index (κ2) is 6.82. The number of anilines is 1. The molecular formula is C18H13IN2O2S. The summed E-state index contributed by atoms with van der Waals surface area (Å²) in [6.07, 6.45) is 1.60. The first-order valence-electron chi connectivity index (χ1n) is 7.20. The fourth-order valence-corrected chi connectivity index (χ4v) is 3.26. The Morgan fingerprint density at radius 2 is 1.75 bits per heavy atom. The van der Waals surface area contributed by atoms with Crippen molar-refractivity contribution in [2.75, 3.05) is 4.90 Å². The highest BCUT2D eigenvalue weighted by Crippen LogP contribution is 2.25. The Labute approximate surface area is 158 Å². The average molecular weight is 448 g/mol. The molecule has 3 rings (SSSR count). The minimum Gasteiger partial charge on any atom is -0.298 e. The van der Waals surface area contributed by atoms with Crippen molar-refractivity contribution >= 4 is 63.5 Å². The molecule has 0 unspecified atom stereocenters. The maximum absolute atomic E-state index is 12.9. The van der Waals surface area contributed by atoms with Crippen LogP contribution in [0.15, 0.2) is 54.1 Å². The second-order valence-electron chi connectivity index (χ2n) is 5.27. The summed E-state index contributed by atoms with van der Waals surface area (Å²) < 4.78 is 0.957. The molecule has 24 heavy (non-hydrogen) atoms. The predicted octanol–water partition coefficient (Wildman–Crippen LogP) is 3.43. The molecule has 1 N–H and O–H groups in total. The molecule has 0 spiro atoms. The normalized spacial score (nSPS) is 16.5. The number of nitrogens with zero attached hydrogens (tertiary/aromatic N) is 1. The second-order valence-corrected chi connectivity index (χ2v) is 6.81. The molecule has 0 radical (unpaired) electrons. The van der Waals surface area contributed by atoms with Crippen LogP contribution < -0.4 is 10.2 Å². The highest BCUT2D eigenvalue weighted by atomic mass is 127. The number of thiocarbonyl (C=S) groups is 1. The summed E-state index contributed by atoms with van der Waals surface area (Å²) in [4.78, 5) is 26.6. The monoisotopic (exact) mass is 448 g/mol. The van der Waals surface area contributed by atoms with Crippen molar-refractivity contribution in [1.29, 1.82) is 0 Å². The molecule has 2 amide bonds. The number of benzene rings is 2. The number of nitrogens with one attached hydrogen (secondary N) is 1. The zero-order valence-electron chi connectivity index (χ0n) is 12.7. The summed E-state index contributed by atoms with van der Waals surface area (Å²) in [7, 11) is 0. The topological polar surface area (TPSA) is 49.4 Å². The van der Waals surface area contributed by atoms with Crippen LogP contribution in [0.5, 0.6) is 0 Å². The Balaban J connectivity index is 2.07. The van der Waals surface area contributed by atoms with Crippen LogP contribution in [0.3, 0.4) is 0 Å². The van der Waals surface area contributed by atoms with E-state index in [0.717, 1.165) is 14.7 Å². The van der Waals surface area contributed by atoms with Crippen molar-refractivity contribution in [3.8, 4) is 0 Å². The van der Waals surface area contributed by atoms with Crippen molar-refractivity contribution in [1.82, 2.24) is 5.32 Å². The molecule has 0 bridgehead atoms. The Morgan fingerprint density at radius 3 is 2.46 bits per heavy atom. The standard InChI is InChI=1S/C18H13IN2O2S/c1-11-6-2-5-9-15(11)21-17(23)13(16(22)20-18(21)24)10-12-7-3-4-8-14(12)19/h2-10H,1H3,(H,20,22,24)/b13-10+. The van der Waals surface area contributed by atoms with Crippen LogP contribution in [-0.2, 0) is 9.59 Å². The van der Waals surface area contributed by atoms with Crippen LogP contribution in [0, 0.1) is 10.5 Å². The average Bonchev–Trinajstić information content (AvgIpc) is 2.54. The van der Waals surface area contributed by atoms with Gasteiger partial charge in [0.2, 0.25) is 0 Å². The van der Waals surface area contributed by atoms with Gasteiger partial charge in [-0.05, 0) is 71.1 Å². The maximum Gasteiger partial charge on any atom is 0.270 e. The van der Waals surface area contributed by atoms with E-state index in [1.165, 1.54) is 4.90 Å². The largest absolute Gasteiger partial charge is 0.298 e. The number of amides is 2. The van der Waals surface area contributed by atoms with Gasteiger partial charge >= 0.3 is 0 Å². The molecule has 1 aliphatic heterocycles. The lowest BCUT2D eigenvalue weighted by atomic mass is 10.1. The minimum absolute atomic E-state index is 0.0657. The van der Waals surface area contributed by atoms with Gasteiger partial charge in [-0.25, -0.2) is 0 Å². The number of rotatable bonds is 2. The molecule has 1 saturated heterocycles. The molecule has 0 aliphatic carbocycles. The lowest BCUT2D eigenvalue weighted by Crippen LogP contribution is -2.54. The number of hydrogen-bond donors (Lipinski definition) is 1. The quantitative estimate of drug-likeness (QED) is 0.332. The molecule has 0 atom stereocenters. The van der Waals surface area contributed by atoms with E-state index in [0.29, 0.717) is 5.69 Å². The molecule has 1 heterocycles. The molecule has 6 heteroatoms. The van der Waals surface area contributed by atoms with Gasteiger partial charge < -0.3 is 0 Å². The summed E-state index contributed by atoms with van der Waals surface area (Å²) in [5.74, 6) is -0.896. The first-order valence-corrected chi connectivity index (χ1v) is 8.69. The molecule has 0 saturated carbocycles. The van der Waals surface area contributed by atoms with Crippen molar-refractivity contribution in [2.24, 2.45) is 0 Å². The molecule has 120 valence electrons. The lowest BCUT2D eigenvalue weighted by molar-refractivity contribution is -0.122. The van der Waals surface area contributed by atoms with Gasteiger partial charge in [0.05, 0.1) is 5.69 Å². The van der Waals surface area contributed by atoms with Crippen LogP contribution in [-0.4, -0.2) is 16.9 Å². The van der Waals surface area contributed by atoms with Crippen molar-refractivity contribution in [2.45, 2.75) is 6.92 Å². The van der Waals surface area contributed by atoms with Crippen LogP contribution in [0.4, 0.5) is 5.69 Å². The Bertz CT molecular complexity index is 892. The molecule has 4 nitrogen and oxygen atoms in total. The molecule has 1 fully saturated rings. The Kier molecular flexibility index (Phi) is 4.77. The number of hydrogen-bond acceptors (Lipinski definition) is 3. The van der Waals surface area contributed by atoms with E-state index in [1.54, 1.807) is 12.1 Å². The van der Waals surface area contributed by atoms with Gasteiger partial charge in [-0.15, -0.1) is 0 Å². The third-order valence-corrected chi connectivity index (χ3v) is 4.93. The fraction of sp³-hybridized carbons (Fsp3) is 0.0556. The van der Waals surface area contributed by atoms with E-state index < -0.39 is 11.8 Å². The van der Waals surface area contributed by atoms with Gasteiger partial charge in [-0.2, -0.15) is 0 Å². The van der Waals surface area contributed by atoms with Crippen LogP contribution in [0.2, 0.25) is 0 Å². The van der Waals surface area contributed by atoms with Gasteiger partial charge in [0.15, 0.2) is 5.11 Å². The summed E-state index contributed by atoms with van der Waals surface area (Å²) in [5.41, 5.74) is 2.45. The zero-order valence-corrected chi connectivity index (χ0v) is 15.7. The van der Waals surface area contributed by atoms with Gasteiger partial charge in [0.25, 0.3) is 11.8 Å². The number of para-hydroxylation sites is 1. The highest BCUT2D eigenvalue weighted by Gasteiger charge is 2.35. The SMILES string of the molecule is Cc1ccccc1N1C(=O)/C(=C/c2ccccc2I)C(=O)NC1=S. The van der Waals surface area contributed by atoms with E-state index in [2.05, 4.69) is 27.9 Å². The van der Waals surface area contributed by atoms with Gasteiger partial charge in [-0.3, -0.25) is 19.8 Å². The van der Waals surface area contributed by atoms with Crippen molar-refractivity contribution in [3.63, 3.8) is 0 Å². The van der Waals surface area contributed by atoms with Crippen LogP contribution in [0.1, 0.15) is 11.1 Å². The zero-order chi connectivity index (χ0) is 17.3. The maximum atomic E-state index is 12.9. The highest BCUT2D eigenvalue weighted by molar-refractivity contribution is 14.1. The summed E-state index contributed by atoms with van der Waals surface area (Å²) >= 11 is 7.38. The van der Waals surface area contributed by atoms with E-state index in [1.807, 2.05) is 49.4 Å². The third kappa shape index (κ3) is 3.11. The van der Waals surface area contributed by atoms with E-state index in [4.69, 9.17) is 12.2 Å². The van der Waals surface area contributed by atoms with Crippen molar-refractivity contribution in [3.05, 3.63) is 68.8 Å². The smallest absolute Gasteiger partial charge is 0.270 e. The van der Waals surface area contributed by atoms with Crippen LogP contribution in [0.25, 0.3) is 6.08 Å². The molecule has 0 aromatic heterocycles. The first-order chi connectivity index (χ1) is 11.5. The van der Waals surface area contributed by atoms with Gasteiger partial charge in [-0.1, -0.05) is 36.4 Å². The van der Waals surface area contributed by atoms with E-state index in [9.17, 15) is 9.59 Å². The third-order valence-electron chi connectivity index (χ3n) is 3.66. The first kappa shape index (κ1) is 16.8. The van der Waals surface area contributed by atoms with E-state index >= 15 is 0 Å². The Hall–Kier alpha value is -2.06. The van der Waals surface area contributed by atoms with Gasteiger partial charge in [0.1, 0.15) is 5.57 Å².